The molecule has 0 nitrogen and oxygen atoms in total. The van der Waals surface area contributed by atoms with Crippen LogP contribution in [0, 0.1) is 22.7 Å². The van der Waals surface area contributed by atoms with E-state index in [4.69, 9.17) is 0 Å². The zero-order valence-electron chi connectivity index (χ0n) is 13.0. The van der Waals surface area contributed by atoms with Gasteiger partial charge in [0.05, 0.1) is 0 Å². The molecule has 0 aliphatic heterocycles. The van der Waals surface area contributed by atoms with Gasteiger partial charge in [-0.2, -0.15) is 0 Å². The zero-order chi connectivity index (χ0) is 13.0. The van der Waals surface area contributed by atoms with Gasteiger partial charge in [-0.25, -0.2) is 0 Å². The van der Waals surface area contributed by atoms with Crippen LogP contribution in [0.5, 0.6) is 0 Å². The highest BCUT2D eigenvalue weighted by Gasteiger charge is 2.38. The van der Waals surface area contributed by atoms with Crippen molar-refractivity contribution in [2.45, 2.75) is 81.1 Å². The predicted molar refractivity (Wildman–Crippen MR) is 75.7 cm³/mol. The lowest BCUT2D eigenvalue weighted by molar-refractivity contribution is 0.0441. The second kappa shape index (κ2) is 6.07. The predicted octanol–water partition coefficient (Wildman–Crippen LogP) is 5.91. The van der Waals surface area contributed by atoms with E-state index in [1.807, 2.05) is 0 Å². The van der Waals surface area contributed by atoms with Crippen molar-refractivity contribution in [3.63, 3.8) is 0 Å². The van der Waals surface area contributed by atoms with E-state index in [1.165, 1.54) is 25.7 Å². The van der Waals surface area contributed by atoms with Gasteiger partial charge >= 0.3 is 0 Å². The SMILES string of the molecule is CCC(C)C(C)(CC(C)(C)CC)C(C)CC. The summed E-state index contributed by atoms with van der Waals surface area (Å²) in [4.78, 5) is 0. The maximum Gasteiger partial charge on any atom is -0.0270 e. The molecule has 0 heterocycles. The van der Waals surface area contributed by atoms with E-state index < -0.39 is 0 Å². The van der Waals surface area contributed by atoms with Crippen LogP contribution in [0.15, 0.2) is 0 Å². The summed E-state index contributed by atoms with van der Waals surface area (Å²) in [6.45, 7) is 19.3. The van der Waals surface area contributed by atoms with Crippen LogP contribution in [-0.2, 0) is 0 Å². The molecular formula is C16H34. The zero-order valence-corrected chi connectivity index (χ0v) is 13.0. The van der Waals surface area contributed by atoms with Crippen LogP contribution in [0.1, 0.15) is 81.1 Å². The molecule has 0 aromatic rings. The Morgan fingerprint density at radius 2 is 1.19 bits per heavy atom. The summed E-state index contributed by atoms with van der Waals surface area (Å²) in [6, 6.07) is 0. The molecule has 0 fully saturated rings. The Morgan fingerprint density at radius 3 is 1.44 bits per heavy atom. The average molecular weight is 226 g/mol. The van der Waals surface area contributed by atoms with Gasteiger partial charge in [-0.1, -0.05) is 74.7 Å². The van der Waals surface area contributed by atoms with Gasteiger partial charge in [-0.3, -0.25) is 0 Å². The van der Waals surface area contributed by atoms with E-state index in [2.05, 4.69) is 55.4 Å². The Labute approximate surface area is 104 Å². The summed E-state index contributed by atoms with van der Waals surface area (Å²) in [5.41, 5.74) is 0.991. The van der Waals surface area contributed by atoms with Gasteiger partial charge in [0.15, 0.2) is 0 Å². The summed E-state index contributed by atoms with van der Waals surface area (Å²) in [7, 11) is 0. The van der Waals surface area contributed by atoms with Crippen molar-refractivity contribution in [1.29, 1.82) is 0 Å². The molecule has 0 aromatic heterocycles. The first-order valence-electron chi connectivity index (χ1n) is 7.23. The molecule has 0 aliphatic carbocycles. The monoisotopic (exact) mass is 226 g/mol. The first kappa shape index (κ1) is 16.0. The summed E-state index contributed by atoms with van der Waals surface area (Å²) in [6.07, 6.45) is 5.26. The molecule has 0 bridgehead atoms. The Bertz CT molecular complexity index is 180. The van der Waals surface area contributed by atoms with Gasteiger partial charge in [-0.05, 0) is 29.1 Å². The Balaban J connectivity index is 4.94. The fourth-order valence-electron chi connectivity index (χ4n) is 2.92. The first-order valence-corrected chi connectivity index (χ1v) is 7.23. The normalized spacial score (nSPS) is 20.2. The molecule has 0 N–H and O–H groups in total. The Morgan fingerprint density at radius 1 is 0.812 bits per heavy atom. The largest absolute Gasteiger partial charge is 0.0651 e. The quantitative estimate of drug-likeness (QED) is 0.506. The van der Waals surface area contributed by atoms with Gasteiger partial charge in [0.1, 0.15) is 0 Å². The van der Waals surface area contributed by atoms with Crippen LogP contribution in [0.25, 0.3) is 0 Å². The lowest BCUT2D eigenvalue weighted by Crippen LogP contribution is -2.36. The maximum atomic E-state index is 2.52. The summed E-state index contributed by atoms with van der Waals surface area (Å²) < 4.78 is 0. The molecule has 16 heavy (non-hydrogen) atoms. The van der Waals surface area contributed by atoms with Crippen molar-refractivity contribution in [2.75, 3.05) is 0 Å². The van der Waals surface area contributed by atoms with Crippen molar-refractivity contribution in [1.82, 2.24) is 0 Å². The van der Waals surface area contributed by atoms with E-state index >= 15 is 0 Å². The molecule has 2 unspecified atom stereocenters. The third kappa shape index (κ3) is 3.79. The van der Waals surface area contributed by atoms with Crippen molar-refractivity contribution >= 4 is 0 Å². The Kier molecular flexibility index (Phi) is 6.07. The van der Waals surface area contributed by atoms with Crippen LogP contribution >= 0.6 is 0 Å². The molecule has 0 saturated heterocycles. The lowest BCUT2D eigenvalue weighted by Gasteiger charge is -2.45. The smallest absolute Gasteiger partial charge is 0.0270 e. The summed E-state index contributed by atoms with van der Waals surface area (Å²) >= 11 is 0. The molecule has 98 valence electrons. The first-order chi connectivity index (χ1) is 7.23. The second-order valence-electron chi connectivity index (χ2n) is 6.82. The van der Waals surface area contributed by atoms with Gasteiger partial charge < -0.3 is 0 Å². The van der Waals surface area contributed by atoms with Gasteiger partial charge in [0, 0.05) is 0 Å². The molecule has 0 aromatic carbocycles. The van der Waals surface area contributed by atoms with E-state index in [9.17, 15) is 0 Å². The lowest BCUT2D eigenvalue weighted by atomic mass is 9.60. The number of hydrogen-bond acceptors (Lipinski definition) is 0. The molecule has 0 amide bonds. The van der Waals surface area contributed by atoms with Gasteiger partial charge in [0.2, 0.25) is 0 Å². The molecule has 0 radical (unpaired) electrons. The number of hydrogen-bond donors (Lipinski definition) is 0. The molecule has 2 atom stereocenters. The highest BCUT2D eigenvalue weighted by Crippen LogP contribution is 2.48. The van der Waals surface area contributed by atoms with Crippen LogP contribution in [0.2, 0.25) is 0 Å². The minimum Gasteiger partial charge on any atom is -0.0651 e. The van der Waals surface area contributed by atoms with Crippen LogP contribution in [-0.4, -0.2) is 0 Å². The fraction of sp³-hybridized carbons (Fsp3) is 1.00. The van der Waals surface area contributed by atoms with Crippen LogP contribution in [0.4, 0.5) is 0 Å². The molecule has 0 spiro atoms. The van der Waals surface area contributed by atoms with Gasteiger partial charge in [0.25, 0.3) is 0 Å². The minimum atomic E-state index is 0.488. The van der Waals surface area contributed by atoms with E-state index in [-0.39, 0.29) is 0 Å². The highest BCUT2D eigenvalue weighted by molar-refractivity contribution is 4.88. The summed E-state index contributed by atoms with van der Waals surface area (Å²) in [5.74, 6) is 1.65. The van der Waals surface area contributed by atoms with Crippen LogP contribution in [0.3, 0.4) is 0 Å². The van der Waals surface area contributed by atoms with Crippen molar-refractivity contribution in [3.05, 3.63) is 0 Å². The van der Waals surface area contributed by atoms with E-state index in [0.29, 0.717) is 10.8 Å². The molecular weight excluding hydrogens is 192 g/mol. The Hall–Kier alpha value is 0. The molecule has 0 heteroatoms. The minimum absolute atomic E-state index is 0.488. The van der Waals surface area contributed by atoms with Gasteiger partial charge in [-0.15, -0.1) is 0 Å². The topological polar surface area (TPSA) is 0 Å². The molecule has 0 rings (SSSR count). The molecule has 0 saturated carbocycles. The second-order valence-corrected chi connectivity index (χ2v) is 6.82. The van der Waals surface area contributed by atoms with Crippen molar-refractivity contribution in [3.8, 4) is 0 Å². The maximum absolute atomic E-state index is 2.52. The average Bonchev–Trinajstić information content (AvgIpc) is 2.25. The number of rotatable bonds is 7. The van der Waals surface area contributed by atoms with E-state index in [0.717, 1.165) is 11.8 Å². The third-order valence-corrected chi connectivity index (χ3v) is 5.29. The summed E-state index contributed by atoms with van der Waals surface area (Å²) in [5, 5.41) is 0. The fourth-order valence-corrected chi connectivity index (χ4v) is 2.92. The molecule has 0 aliphatic rings. The van der Waals surface area contributed by atoms with Crippen molar-refractivity contribution in [2.24, 2.45) is 22.7 Å². The highest BCUT2D eigenvalue weighted by atomic mass is 14.4. The van der Waals surface area contributed by atoms with E-state index in [1.54, 1.807) is 0 Å². The standard InChI is InChI=1S/C16H34/c1-9-13(4)16(8,14(5)10-2)12-15(6,7)11-3/h13-14H,9-12H2,1-8H3. The van der Waals surface area contributed by atoms with Crippen LogP contribution < -0.4 is 0 Å². The third-order valence-electron chi connectivity index (χ3n) is 5.29. The van der Waals surface area contributed by atoms with Crippen molar-refractivity contribution < 1.29 is 0 Å².